The molecule has 21 heavy (non-hydrogen) atoms. The summed E-state index contributed by atoms with van der Waals surface area (Å²) in [6, 6.07) is 2.14. The molecule has 0 spiro atoms. The van der Waals surface area contributed by atoms with Crippen molar-refractivity contribution in [1.29, 1.82) is 5.26 Å². The van der Waals surface area contributed by atoms with Crippen molar-refractivity contribution in [2.75, 3.05) is 13.1 Å². The van der Waals surface area contributed by atoms with E-state index in [4.69, 9.17) is 10.4 Å². The molecule has 2 rings (SSSR count). The summed E-state index contributed by atoms with van der Waals surface area (Å²) in [5.41, 5.74) is 0.107. The Balaban J connectivity index is 1.89. The van der Waals surface area contributed by atoms with Crippen LogP contribution in [0.5, 0.6) is 0 Å². The molecular weight excluding hydrogens is 270 g/mol. The molecule has 0 aromatic heterocycles. The highest BCUT2D eigenvalue weighted by molar-refractivity contribution is 5.97. The molecule has 6 nitrogen and oxygen atoms in total. The number of nitrogens with zero attached hydrogens (tertiary/aromatic N) is 2. The molecule has 0 aromatic carbocycles. The smallest absolute Gasteiger partial charge is 0.306 e. The molecule has 2 N–H and O–H groups in total. The first-order valence-corrected chi connectivity index (χ1v) is 7.50. The van der Waals surface area contributed by atoms with E-state index in [2.05, 4.69) is 5.32 Å². The zero-order chi connectivity index (χ0) is 15.2. The van der Waals surface area contributed by atoms with E-state index in [9.17, 15) is 9.59 Å². The molecular formula is C15H21N3O3. The van der Waals surface area contributed by atoms with Gasteiger partial charge in [-0.25, -0.2) is 0 Å². The first-order valence-electron chi connectivity index (χ1n) is 7.50. The largest absolute Gasteiger partial charge is 0.481 e. The molecule has 0 aromatic rings. The van der Waals surface area contributed by atoms with E-state index in [0.29, 0.717) is 25.9 Å². The Bertz CT molecular complexity index is 467. The van der Waals surface area contributed by atoms with Gasteiger partial charge in [-0.2, -0.15) is 5.26 Å². The SMILES string of the molecule is N#C/C(=C/N1CCC(C(=O)O)CC1)C(=O)NC1CCCC1. The van der Waals surface area contributed by atoms with Gasteiger partial charge in [0, 0.05) is 25.3 Å². The second-order valence-corrected chi connectivity index (χ2v) is 5.76. The van der Waals surface area contributed by atoms with Crippen molar-refractivity contribution < 1.29 is 14.7 Å². The van der Waals surface area contributed by atoms with Gasteiger partial charge in [0.05, 0.1) is 5.92 Å². The highest BCUT2D eigenvalue weighted by Crippen LogP contribution is 2.19. The van der Waals surface area contributed by atoms with Crippen LogP contribution >= 0.6 is 0 Å². The lowest BCUT2D eigenvalue weighted by atomic mass is 9.97. The molecule has 6 heteroatoms. The number of carbonyl (C=O) groups is 2. The van der Waals surface area contributed by atoms with Gasteiger partial charge < -0.3 is 15.3 Å². The lowest BCUT2D eigenvalue weighted by Crippen LogP contribution is -2.36. The first-order chi connectivity index (χ1) is 10.1. The molecule has 2 aliphatic rings. The van der Waals surface area contributed by atoms with Gasteiger partial charge in [0.15, 0.2) is 0 Å². The predicted molar refractivity (Wildman–Crippen MR) is 76.0 cm³/mol. The summed E-state index contributed by atoms with van der Waals surface area (Å²) in [6.45, 7) is 1.14. The molecule has 0 radical (unpaired) electrons. The fourth-order valence-corrected chi connectivity index (χ4v) is 2.93. The van der Waals surface area contributed by atoms with Crippen LogP contribution in [-0.2, 0) is 9.59 Å². The van der Waals surface area contributed by atoms with Crippen LogP contribution in [-0.4, -0.2) is 41.0 Å². The third-order valence-electron chi connectivity index (χ3n) is 4.25. The van der Waals surface area contributed by atoms with E-state index >= 15 is 0 Å². The van der Waals surface area contributed by atoms with Crippen LogP contribution in [0, 0.1) is 17.2 Å². The van der Waals surface area contributed by atoms with Crippen molar-refractivity contribution in [3.05, 3.63) is 11.8 Å². The summed E-state index contributed by atoms with van der Waals surface area (Å²) >= 11 is 0. The Kier molecular flexibility index (Phi) is 5.20. The zero-order valence-corrected chi connectivity index (χ0v) is 12.0. The summed E-state index contributed by atoms with van der Waals surface area (Å²) in [4.78, 5) is 24.8. The van der Waals surface area contributed by atoms with Crippen LogP contribution in [0.15, 0.2) is 11.8 Å². The maximum absolute atomic E-state index is 12.1. The monoisotopic (exact) mass is 291 g/mol. The Morgan fingerprint density at radius 3 is 2.33 bits per heavy atom. The normalized spacial score (nSPS) is 21.1. The maximum atomic E-state index is 12.1. The first kappa shape index (κ1) is 15.4. The number of hydrogen-bond acceptors (Lipinski definition) is 4. The molecule has 1 amide bonds. The number of hydrogen-bond donors (Lipinski definition) is 2. The summed E-state index contributed by atoms with van der Waals surface area (Å²) in [6.07, 6.45) is 6.88. The van der Waals surface area contributed by atoms with Gasteiger partial charge >= 0.3 is 5.97 Å². The summed E-state index contributed by atoms with van der Waals surface area (Å²) in [7, 11) is 0. The van der Waals surface area contributed by atoms with Crippen molar-refractivity contribution in [2.24, 2.45) is 5.92 Å². The van der Waals surface area contributed by atoms with E-state index in [1.54, 1.807) is 6.20 Å². The van der Waals surface area contributed by atoms with Crippen molar-refractivity contribution in [3.63, 3.8) is 0 Å². The topological polar surface area (TPSA) is 93.4 Å². The number of carboxylic acids is 1. The molecule has 1 saturated carbocycles. The fraction of sp³-hybridized carbons (Fsp3) is 0.667. The highest BCUT2D eigenvalue weighted by atomic mass is 16.4. The number of aliphatic carboxylic acids is 1. The molecule has 1 aliphatic carbocycles. The third kappa shape index (κ3) is 4.22. The van der Waals surface area contributed by atoms with Crippen LogP contribution in [0.25, 0.3) is 0 Å². The van der Waals surface area contributed by atoms with Gasteiger partial charge in [-0.15, -0.1) is 0 Å². The second-order valence-electron chi connectivity index (χ2n) is 5.76. The van der Waals surface area contributed by atoms with Crippen molar-refractivity contribution >= 4 is 11.9 Å². The zero-order valence-electron chi connectivity index (χ0n) is 12.0. The van der Waals surface area contributed by atoms with E-state index in [0.717, 1.165) is 25.7 Å². The molecule has 1 aliphatic heterocycles. The van der Waals surface area contributed by atoms with Gasteiger partial charge in [0.1, 0.15) is 11.6 Å². The molecule has 1 saturated heterocycles. The van der Waals surface area contributed by atoms with Crippen LogP contribution in [0.4, 0.5) is 0 Å². The minimum absolute atomic E-state index is 0.107. The molecule has 0 atom stereocenters. The minimum atomic E-state index is -0.766. The Morgan fingerprint density at radius 1 is 1.19 bits per heavy atom. The summed E-state index contributed by atoms with van der Waals surface area (Å²) in [5.74, 6) is -1.39. The number of carbonyl (C=O) groups excluding carboxylic acids is 1. The van der Waals surface area contributed by atoms with E-state index < -0.39 is 5.97 Å². The van der Waals surface area contributed by atoms with Crippen molar-refractivity contribution in [2.45, 2.75) is 44.6 Å². The number of nitrogens with one attached hydrogen (secondary N) is 1. The Hall–Kier alpha value is -2.03. The van der Waals surface area contributed by atoms with E-state index in [1.165, 1.54) is 0 Å². The van der Waals surface area contributed by atoms with Crippen LogP contribution < -0.4 is 5.32 Å². The molecule has 2 fully saturated rings. The van der Waals surface area contributed by atoms with Gasteiger partial charge in [0.25, 0.3) is 5.91 Å². The van der Waals surface area contributed by atoms with Crippen molar-refractivity contribution in [3.8, 4) is 6.07 Å². The number of amides is 1. The summed E-state index contributed by atoms with van der Waals surface area (Å²) in [5, 5.41) is 21.0. The number of nitriles is 1. The van der Waals surface area contributed by atoms with Crippen LogP contribution in [0.1, 0.15) is 38.5 Å². The van der Waals surface area contributed by atoms with Gasteiger partial charge in [-0.1, -0.05) is 12.8 Å². The maximum Gasteiger partial charge on any atom is 0.306 e. The molecule has 0 bridgehead atoms. The number of rotatable bonds is 4. The van der Waals surface area contributed by atoms with E-state index in [1.807, 2.05) is 11.0 Å². The van der Waals surface area contributed by atoms with E-state index in [-0.39, 0.29) is 23.4 Å². The summed E-state index contributed by atoms with van der Waals surface area (Å²) < 4.78 is 0. The van der Waals surface area contributed by atoms with Gasteiger partial charge in [0.2, 0.25) is 0 Å². The van der Waals surface area contributed by atoms with Gasteiger partial charge in [-0.3, -0.25) is 9.59 Å². The lowest BCUT2D eigenvalue weighted by Gasteiger charge is -2.29. The molecule has 1 heterocycles. The Morgan fingerprint density at radius 2 is 1.81 bits per heavy atom. The average molecular weight is 291 g/mol. The molecule has 0 unspecified atom stereocenters. The Labute approximate surface area is 124 Å². The minimum Gasteiger partial charge on any atom is -0.481 e. The predicted octanol–water partition coefficient (Wildman–Crippen LogP) is 1.25. The molecule has 114 valence electrons. The van der Waals surface area contributed by atoms with Crippen LogP contribution in [0.2, 0.25) is 0 Å². The quantitative estimate of drug-likeness (QED) is 0.600. The highest BCUT2D eigenvalue weighted by Gasteiger charge is 2.24. The average Bonchev–Trinajstić information content (AvgIpc) is 2.98. The lowest BCUT2D eigenvalue weighted by molar-refractivity contribution is -0.143. The number of likely N-dealkylation sites (tertiary alicyclic amines) is 1. The number of piperidine rings is 1. The van der Waals surface area contributed by atoms with Crippen molar-refractivity contribution in [1.82, 2.24) is 10.2 Å². The third-order valence-corrected chi connectivity index (χ3v) is 4.25. The fourth-order valence-electron chi connectivity index (χ4n) is 2.93. The standard InChI is InChI=1S/C15H21N3O3/c16-9-12(14(19)17-13-3-1-2-4-13)10-18-7-5-11(6-8-18)15(20)21/h10-11,13H,1-8H2,(H,17,19)(H,20,21)/b12-10-. The van der Waals surface area contributed by atoms with Crippen LogP contribution in [0.3, 0.4) is 0 Å². The van der Waals surface area contributed by atoms with Gasteiger partial charge in [-0.05, 0) is 25.7 Å². The number of carboxylic acid groups (broad SMARTS) is 1. The second kappa shape index (κ2) is 7.11.